The molecule has 9 nitrogen and oxygen atoms in total. The minimum atomic E-state index is -0.388. The number of nitrogens with zero attached hydrogens (tertiary/aromatic N) is 5. The van der Waals surface area contributed by atoms with Gasteiger partial charge in [0.2, 0.25) is 0 Å². The third-order valence-corrected chi connectivity index (χ3v) is 8.37. The molecule has 2 aliphatic heterocycles. The van der Waals surface area contributed by atoms with Crippen LogP contribution in [-0.2, 0) is 0 Å². The Morgan fingerprint density at radius 2 is 1.91 bits per heavy atom. The van der Waals surface area contributed by atoms with Crippen LogP contribution in [-0.4, -0.2) is 38.3 Å². The number of pyridine rings is 2. The minimum absolute atomic E-state index is 0.140. The largest absolute Gasteiger partial charge is 0.485 e. The molecule has 4 aromatic rings. The average Bonchev–Trinajstić information content (AvgIpc) is 3.43. The maximum atomic E-state index is 6.64. The van der Waals surface area contributed by atoms with Crippen LogP contribution in [0, 0.1) is 0 Å². The van der Waals surface area contributed by atoms with Crippen molar-refractivity contribution in [1.82, 2.24) is 19.6 Å². The van der Waals surface area contributed by atoms with Gasteiger partial charge < -0.3 is 26.8 Å². The van der Waals surface area contributed by atoms with Crippen molar-refractivity contribution >= 4 is 46.3 Å². The molecule has 0 bridgehead atoms. The fourth-order valence-corrected chi connectivity index (χ4v) is 6.02. The molecule has 1 aromatic carbocycles. The Hall–Kier alpha value is -3.21. The number of ether oxygens (including phenoxy) is 1. The molecule has 1 spiro atoms. The Kier molecular flexibility index (Phi) is 4.98. The molecule has 11 heteroatoms. The topological polar surface area (TPSA) is 134 Å². The van der Waals surface area contributed by atoms with E-state index in [0.717, 1.165) is 52.9 Å². The number of fused-ring (bicyclic) bond motifs is 2. The number of hydrogen-bond donors (Lipinski definition) is 3. The van der Waals surface area contributed by atoms with E-state index in [9.17, 15) is 0 Å². The predicted molar refractivity (Wildman–Crippen MR) is 133 cm³/mol. The molecule has 174 valence electrons. The van der Waals surface area contributed by atoms with Gasteiger partial charge in [-0.2, -0.15) is 9.61 Å². The van der Waals surface area contributed by atoms with Gasteiger partial charge in [-0.25, -0.2) is 9.97 Å². The summed E-state index contributed by atoms with van der Waals surface area (Å²) >= 11 is 7.75. The lowest BCUT2D eigenvalue weighted by molar-refractivity contribution is 0.0430. The SMILES string of the molecule is Nc1cc(N2CCC3(CC2)Oc2ccccc2C3N)n2ncnc2c1Sc1ccnc(N)c1Cl. The smallest absolute Gasteiger partial charge is 0.173 e. The van der Waals surface area contributed by atoms with Crippen molar-refractivity contribution in [3.63, 3.8) is 0 Å². The van der Waals surface area contributed by atoms with E-state index >= 15 is 0 Å². The third-order valence-electron chi connectivity index (χ3n) is 6.68. The molecule has 0 radical (unpaired) electrons. The normalized spacial score (nSPS) is 18.9. The summed E-state index contributed by atoms with van der Waals surface area (Å²) in [6.45, 7) is 1.52. The zero-order chi connectivity index (χ0) is 23.4. The van der Waals surface area contributed by atoms with Crippen LogP contribution in [0.2, 0.25) is 5.02 Å². The first-order chi connectivity index (χ1) is 16.5. The molecule has 3 aromatic heterocycles. The molecule has 1 saturated heterocycles. The number of aromatic nitrogens is 4. The van der Waals surface area contributed by atoms with Gasteiger partial charge in [-0.05, 0) is 12.1 Å². The van der Waals surface area contributed by atoms with Gasteiger partial charge in [0.15, 0.2) is 5.65 Å². The summed E-state index contributed by atoms with van der Waals surface area (Å²) < 4.78 is 8.21. The van der Waals surface area contributed by atoms with Crippen molar-refractivity contribution in [3.8, 4) is 5.75 Å². The van der Waals surface area contributed by atoms with E-state index < -0.39 is 0 Å². The Balaban J connectivity index is 1.29. The Bertz CT molecular complexity index is 1400. The second kappa shape index (κ2) is 7.93. The van der Waals surface area contributed by atoms with Crippen LogP contribution >= 0.6 is 23.4 Å². The fourth-order valence-electron chi connectivity index (χ4n) is 4.84. The highest BCUT2D eigenvalue weighted by molar-refractivity contribution is 7.99. The van der Waals surface area contributed by atoms with Crippen LogP contribution in [0.1, 0.15) is 24.4 Å². The Labute approximate surface area is 205 Å². The zero-order valence-corrected chi connectivity index (χ0v) is 19.8. The van der Waals surface area contributed by atoms with Gasteiger partial charge in [0.05, 0.1) is 21.6 Å². The third kappa shape index (κ3) is 3.24. The average molecular weight is 495 g/mol. The number of halogens is 1. The zero-order valence-electron chi connectivity index (χ0n) is 18.2. The summed E-state index contributed by atoms with van der Waals surface area (Å²) in [5.74, 6) is 2.05. The van der Waals surface area contributed by atoms with Crippen LogP contribution in [0.25, 0.3) is 5.65 Å². The van der Waals surface area contributed by atoms with Crippen molar-refractivity contribution in [2.45, 2.75) is 34.3 Å². The molecule has 6 rings (SSSR count). The molecular weight excluding hydrogens is 472 g/mol. The van der Waals surface area contributed by atoms with Gasteiger partial charge in [0, 0.05) is 48.7 Å². The molecular formula is C23H23ClN8OS. The van der Waals surface area contributed by atoms with Crippen LogP contribution in [0.4, 0.5) is 17.3 Å². The first-order valence-electron chi connectivity index (χ1n) is 11.0. The highest BCUT2D eigenvalue weighted by Crippen LogP contribution is 2.48. The maximum Gasteiger partial charge on any atom is 0.173 e. The highest BCUT2D eigenvalue weighted by atomic mass is 35.5. The standard InChI is InChI=1S/C23H23ClN8OS/c24-18-16(5-8-28-21(18)27)34-19-14(25)11-17(32-22(19)29-12-30-32)31-9-6-23(7-10-31)20(26)13-3-1-2-4-15(13)33-23/h1-5,8,11-12,20H,6-7,9-10,25-26H2,(H2,27,28). The van der Waals surface area contributed by atoms with Crippen LogP contribution in [0.3, 0.4) is 0 Å². The number of rotatable bonds is 3. The van der Waals surface area contributed by atoms with Gasteiger partial charge in [-0.15, -0.1) is 0 Å². The second-order valence-electron chi connectivity index (χ2n) is 8.56. The molecule has 1 fully saturated rings. The fraction of sp³-hybridized carbons (Fsp3) is 0.261. The van der Waals surface area contributed by atoms with Crippen molar-refractivity contribution in [2.24, 2.45) is 5.73 Å². The summed E-state index contributed by atoms with van der Waals surface area (Å²) in [5, 5.41) is 4.88. The lowest BCUT2D eigenvalue weighted by atomic mass is 9.83. The molecule has 34 heavy (non-hydrogen) atoms. The highest BCUT2D eigenvalue weighted by Gasteiger charge is 2.48. The predicted octanol–water partition coefficient (Wildman–Crippen LogP) is 3.52. The van der Waals surface area contributed by atoms with Crippen LogP contribution in [0.5, 0.6) is 5.75 Å². The van der Waals surface area contributed by atoms with E-state index in [0.29, 0.717) is 16.4 Å². The van der Waals surface area contributed by atoms with E-state index in [1.807, 2.05) is 28.8 Å². The van der Waals surface area contributed by atoms with Gasteiger partial charge in [0.1, 0.15) is 29.3 Å². The Morgan fingerprint density at radius 3 is 2.71 bits per heavy atom. The molecule has 2 aliphatic rings. The summed E-state index contributed by atoms with van der Waals surface area (Å²) in [4.78, 5) is 12.3. The van der Waals surface area contributed by atoms with Gasteiger partial charge in [-0.1, -0.05) is 41.6 Å². The number of anilines is 3. The van der Waals surface area contributed by atoms with E-state index in [1.54, 1.807) is 12.3 Å². The van der Waals surface area contributed by atoms with E-state index in [1.165, 1.54) is 18.1 Å². The number of piperidine rings is 1. The molecule has 1 unspecified atom stereocenters. The molecule has 5 heterocycles. The molecule has 1 atom stereocenters. The number of para-hydroxylation sites is 1. The van der Waals surface area contributed by atoms with Crippen molar-refractivity contribution in [1.29, 1.82) is 0 Å². The summed E-state index contributed by atoms with van der Waals surface area (Å²) in [6, 6.07) is 11.6. The van der Waals surface area contributed by atoms with Gasteiger partial charge in [-0.3, -0.25) is 0 Å². The number of benzene rings is 1. The van der Waals surface area contributed by atoms with Gasteiger partial charge >= 0.3 is 0 Å². The second-order valence-corrected chi connectivity index (χ2v) is 9.99. The maximum absolute atomic E-state index is 6.64. The van der Waals surface area contributed by atoms with E-state index in [-0.39, 0.29) is 17.5 Å². The Morgan fingerprint density at radius 1 is 1.12 bits per heavy atom. The van der Waals surface area contributed by atoms with E-state index in [2.05, 4.69) is 26.0 Å². The van der Waals surface area contributed by atoms with Crippen molar-refractivity contribution in [3.05, 3.63) is 59.5 Å². The lowest BCUT2D eigenvalue weighted by Gasteiger charge is -2.41. The van der Waals surface area contributed by atoms with Crippen LogP contribution < -0.4 is 26.8 Å². The number of hydrogen-bond acceptors (Lipinski definition) is 9. The summed E-state index contributed by atoms with van der Waals surface area (Å²) in [6.07, 6.45) is 4.73. The summed E-state index contributed by atoms with van der Waals surface area (Å²) in [5.41, 5.74) is 21.0. The quantitative estimate of drug-likeness (QED) is 0.391. The molecule has 0 aliphatic carbocycles. The number of nitrogen functional groups attached to an aromatic ring is 2. The molecule has 0 saturated carbocycles. The van der Waals surface area contributed by atoms with Gasteiger partial charge in [0.25, 0.3) is 0 Å². The first-order valence-corrected chi connectivity index (χ1v) is 12.1. The molecule has 6 N–H and O–H groups in total. The summed E-state index contributed by atoms with van der Waals surface area (Å²) in [7, 11) is 0. The number of nitrogens with two attached hydrogens (primary N) is 3. The van der Waals surface area contributed by atoms with Crippen molar-refractivity contribution in [2.75, 3.05) is 29.5 Å². The van der Waals surface area contributed by atoms with Crippen LogP contribution in [0.15, 0.2) is 58.7 Å². The first kappa shape index (κ1) is 21.3. The van der Waals surface area contributed by atoms with E-state index in [4.69, 9.17) is 33.5 Å². The monoisotopic (exact) mass is 494 g/mol. The van der Waals surface area contributed by atoms with Crippen molar-refractivity contribution < 1.29 is 4.74 Å². The minimum Gasteiger partial charge on any atom is -0.485 e. The molecule has 0 amide bonds. The lowest BCUT2D eigenvalue weighted by Crippen LogP contribution is -2.51.